The molecule has 1 aliphatic rings. The number of methoxy groups -OCH3 is 4. The van der Waals surface area contributed by atoms with E-state index in [4.69, 9.17) is 23.7 Å². The summed E-state index contributed by atoms with van der Waals surface area (Å²) in [6, 6.07) is 10.5. The second-order valence-electron chi connectivity index (χ2n) is 9.96. The molecule has 1 heterocycles. The number of hydrogen-bond donors (Lipinski definition) is 0. The van der Waals surface area contributed by atoms with E-state index in [2.05, 4.69) is 30.1 Å². The van der Waals surface area contributed by atoms with E-state index in [1.54, 1.807) is 28.4 Å². The summed E-state index contributed by atoms with van der Waals surface area (Å²) in [6.45, 7) is 5.69. The van der Waals surface area contributed by atoms with Crippen LogP contribution in [0.15, 0.2) is 30.3 Å². The van der Waals surface area contributed by atoms with Gasteiger partial charge in [-0.25, -0.2) is 0 Å². The maximum atomic E-state index is 12.4. The molecule has 0 N–H and O–H groups in total. The third-order valence-corrected chi connectivity index (χ3v) is 6.51. The first-order valence-corrected chi connectivity index (χ1v) is 12.0. The molecule has 3 rings (SSSR count). The van der Waals surface area contributed by atoms with E-state index in [0.717, 1.165) is 18.4 Å². The van der Waals surface area contributed by atoms with E-state index in [0.29, 0.717) is 35.8 Å². The molecule has 0 bridgehead atoms. The van der Waals surface area contributed by atoms with Gasteiger partial charge in [0, 0.05) is 18.5 Å². The van der Waals surface area contributed by atoms with Crippen LogP contribution >= 0.6 is 24.0 Å². The molecule has 7 nitrogen and oxygen atoms in total. The number of carbonyl (C=O) groups is 1. The van der Waals surface area contributed by atoms with Crippen LogP contribution in [0.25, 0.3) is 0 Å². The number of hydrogen-bond acceptors (Lipinski definition) is 7. The fourth-order valence-corrected chi connectivity index (χ4v) is 4.76. The van der Waals surface area contributed by atoms with E-state index >= 15 is 0 Å². The number of likely N-dealkylation sites (N-methyl/N-ethyl adjacent to an activating group) is 1. The topological polar surface area (TPSA) is 66.5 Å². The van der Waals surface area contributed by atoms with Crippen molar-refractivity contribution < 1.29 is 28.5 Å². The molecule has 200 valence electrons. The molecule has 0 aromatic heterocycles. The van der Waals surface area contributed by atoms with Gasteiger partial charge in [-0.1, -0.05) is 6.07 Å². The first-order chi connectivity index (χ1) is 16.6. The second kappa shape index (κ2) is 12.9. The molecular formula is C28H40INO6. The molecule has 8 heteroatoms. The fraction of sp³-hybridized carbons (Fsp3) is 0.536. The summed E-state index contributed by atoms with van der Waals surface area (Å²) in [6.07, 6.45) is 2.67. The average molecular weight is 614 g/mol. The van der Waals surface area contributed by atoms with Gasteiger partial charge in [-0.05, 0) is 88.0 Å². The van der Waals surface area contributed by atoms with Crippen LogP contribution in [0, 0.1) is 0 Å². The van der Waals surface area contributed by atoms with E-state index in [1.165, 1.54) is 11.1 Å². The van der Waals surface area contributed by atoms with Gasteiger partial charge in [-0.2, -0.15) is 0 Å². The molecule has 0 saturated carbocycles. The lowest BCUT2D eigenvalue weighted by Crippen LogP contribution is -2.42. The number of rotatable bonds is 9. The minimum absolute atomic E-state index is 0. The molecule has 0 spiro atoms. The Bertz CT molecular complexity index is 1040. The zero-order valence-electron chi connectivity index (χ0n) is 22.7. The van der Waals surface area contributed by atoms with Gasteiger partial charge in [0.15, 0.2) is 23.0 Å². The number of esters is 1. The maximum Gasteiger partial charge on any atom is 0.306 e. The quantitative estimate of drug-likeness (QED) is 0.270. The molecule has 0 fully saturated rings. The summed E-state index contributed by atoms with van der Waals surface area (Å²) < 4.78 is 27.7. The summed E-state index contributed by atoms with van der Waals surface area (Å²) in [5.74, 6) is 2.67. The van der Waals surface area contributed by atoms with Crippen molar-refractivity contribution >= 4 is 29.9 Å². The first kappa shape index (κ1) is 30.0. The van der Waals surface area contributed by atoms with E-state index < -0.39 is 5.60 Å². The molecule has 1 unspecified atom stereocenters. The molecule has 0 saturated heterocycles. The number of ether oxygens (including phenoxy) is 5. The lowest BCUT2D eigenvalue weighted by atomic mass is 9.84. The van der Waals surface area contributed by atoms with Gasteiger partial charge >= 0.3 is 5.97 Å². The number of fused-ring (bicyclic) bond motifs is 1. The predicted octanol–water partition coefficient (Wildman–Crippen LogP) is 5.60. The minimum Gasteiger partial charge on any atom is -0.493 e. The minimum atomic E-state index is -0.484. The number of benzene rings is 2. The first-order valence-electron chi connectivity index (χ1n) is 12.0. The maximum absolute atomic E-state index is 12.4. The highest BCUT2D eigenvalue weighted by Crippen LogP contribution is 2.42. The van der Waals surface area contributed by atoms with Gasteiger partial charge in [-0.3, -0.25) is 9.69 Å². The lowest BCUT2D eigenvalue weighted by Gasteiger charge is -2.41. The third-order valence-electron chi connectivity index (χ3n) is 6.51. The van der Waals surface area contributed by atoms with Gasteiger partial charge < -0.3 is 23.7 Å². The van der Waals surface area contributed by atoms with Gasteiger partial charge in [0.05, 0.1) is 28.4 Å². The Morgan fingerprint density at radius 1 is 0.917 bits per heavy atom. The van der Waals surface area contributed by atoms with Crippen molar-refractivity contribution in [2.75, 3.05) is 35.5 Å². The largest absolute Gasteiger partial charge is 0.493 e. The third kappa shape index (κ3) is 7.18. The van der Waals surface area contributed by atoms with Crippen LogP contribution < -0.4 is 18.9 Å². The van der Waals surface area contributed by atoms with Gasteiger partial charge in [0.1, 0.15) is 5.60 Å². The SMILES string of the molecule is COc1ccc(C[C@@H]2c3cc(OC)c(OC)cc3CC(CCC(=O)OC(C)(C)C)N2C)cc1OC.I. The molecule has 36 heavy (non-hydrogen) atoms. The van der Waals surface area contributed by atoms with Crippen molar-refractivity contribution in [1.29, 1.82) is 0 Å². The van der Waals surface area contributed by atoms with Gasteiger partial charge in [0.2, 0.25) is 0 Å². The van der Waals surface area contributed by atoms with Crippen LogP contribution in [0.5, 0.6) is 23.0 Å². The van der Waals surface area contributed by atoms with Crippen LogP contribution in [0.3, 0.4) is 0 Å². The monoisotopic (exact) mass is 613 g/mol. The molecular weight excluding hydrogens is 573 g/mol. The summed E-state index contributed by atoms with van der Waals surface area (Å²) >= 11 is 0. The molecule has 2 aromatic carbocycles. The molecule has 0 aliphatic carbocycles. The Kier molecular flexibility index (Phi) is 10.7. The molecule has 2 aromatic rings. The molecule has 1 aliphatic heterocycles. The highest BCUT2D eigenvalue weighted by atomic mass is 127. The normalized spacial score (nSPS) is 17.4. The summed E-state index contributed by atoms with van der Waals surface area (Å²) in [7, 11) is 8.72. The van der Waals surface area contributed by atoms with Crippen LogP contribution in [0.2, 0.25) is 0 Å². The standard InChI is InChI=1S/C28H39NO6.HI/c1-28(2,3)35-27(30)12-10-20-15-19-16-25(33-7)26(34-8)17-21(19)22(29(20)4)13-18-9-11-23(31-5)24(14-18)32-6;/h9,11,14,16-17,20,22H,10,12-13,15H2,1-8H3;1H/t20?,22-;/m1./s1. The summed E-state index contributed by atoms with van der Waals surface area (Å²) in [4.78, 5) is 14.8. The van der Waals surface area contributed by atoms with Crippen LogP contribution in [0.4, 0.5) is 0 Å². The molecule has 2 atom stereocenters. The zero-order valence-corrected chi connectivity index (χ0v) is 25.0. The smallest absolute Gasteiger partial charge is 0.306 e. The van der Waals surface area contributed by atoms with E-state index in [-0.39, 0.29) is 42.0 Å². The Labute approximate surface area is 232 Å². The van der Waals surface area contributed by atoms with Crippen molar-refractivity contribution in [3.05, 3.63) is 47.0 Å². The van der Waals surface area contributed by atoms with E-state index in [1.807, 2.05) is 32.9 Å². The van der Waals surface area contributed by atoms with Crippen molar-refractivity contribution in [3.63, 3.8) is 0 Å². The Hall–Kier alpha value is -2.20. The van der Waals surface area contributed by atoms with E-state index in [9.17, 15) is 4.79 Å². The van der Waals surface area contributed by atoms with Crippen molar-refractivity contribution in [1.82, 2.24) is 4.90 Å². The summed E-state index contributed by atoms with van der Waals surface area (Å²) in [5.41, 5.74) is 3.06. The predicted molar refractivity (Wildman–Crippen MR) is 151 cm³/mol. The number of nitrogens with zero attached hydrogens (tertiary/aromatic N) is 1. The lowest BCUT2D eigenvalue weighted by molar-refractivity contribution is -0.155. The average Bonchev–Trinajstić information content (AvgIpc) is 2.82. The van der Waals surface area contributed by atoms with Gasteiger partial charge in [-0.15, -0.1) is 24.0 Å². The highest BCUT2D eigenvalue weighted by Gasteiger charge is 2.34. The molecule has 0 radical (unpaired) electrons. The highest BCUT2D eigenvalue weighted by molar-refractivity contribution is 14.0. The van der Waals surface area contributed by atoms with Crippen molar-refractivity contribution in [3.8, 4) is 23.0 Å². The van der Waals surface area contributed by atoms with Crippen molar-refractivity contribution in [2.24, 2.45) is 0 Å². The zero-order chi connectivity index (χ0) is 25.8. The van der Waals surface area contributed by atoms with Crippen LogP contribution in [-0.2, 0) is 22.4 Å². The fourth-order valence-electron chi connectivity index (χ4n) is 4.76. The summed E-state index contributed by atoms with van der Waals surface area (Å²) in [5, 5.41) is 0. The number of halogens is 1. The Morgan fingerprint density at radius 3 is 2.08 bits per heavy atom. The van der Waals surface area contributed by atoms with Crippen LogP contribution in [-0.4, -0.2) is 58.0 Å². The molecule has 0 amide bonds. The van der Waals surface area contributed by atoms with Gasteiger partial charge in [0.25, 0.3) is 0 Å². The van der Waals surface area contributed by atoms with Crippen molar-refractivity contribution in [2.45, 2.75) is 64.1 Å². The Balaban J connectivity index is 0.00000456. The number of carbonyl (C=O) groups excluding carboxylic acids is 1. The Morgan fingerprint density at radius 2 is 1.50 bits per heavy atom. The van der Waals surface area contributed by atoms with Crippen LogP contribution in [0.1, 0.15) is 56.3 Å². The second-order valence-corrected chi connectivity index (χ2v) is 9.96.